The zero-order valence-corrected chi connectivity index (χ0v) is 14.1. The molecule has 2 N–H and O–H groups in total. The first-order chi connectivity index (χ1) is 9.99. The number of aromatic nitrogens is 2. The number of aryl methyl sites for hydroxylation is 2. The first-order valence-corrected chi connectivity index (χ1v) is 8.25. The number of halogens is 1. The molecular formula is C16H20ClN3S. The lowest BCUT2D eigenvalue weighted by Crippen LogP contribution is -2.25. The molecule has 0 aliphatic heterocycles. The molecule has 0 radical (unpaired) electrons. The molecule has 1 heterocycles. The number of hydrogen-bond donors (Lipinski definition) is 1. The number of nitrogens with zero attached hydrogens (tertiary/aromatic N) is 2. The van der Waals surface area contributed by atoms with Crippen molar-refractivity contribution in [2.45, 2.75) is 43.6 Å². The summed E-state index contributed by atoms with van der Waals surface area (Å²) in [5.41, 5.74) is 9.36. The Morgan fingerprint density at radius 1 is 1.19 bits per heavy atom. The Morgan fingerprint density at radius 2 is 1.86 bits per heavy atom. The van der Waals surface area contributed by atoms with E-state index in [0.717, 1.165) is 33.6 Å². The van der Waals surface area contributed by atoms with Crippen molar-refractivity contribution in [3.8, 4) is 0 Å². The molecule has 2 unspecified atom stereocenters. The van der Waals surface area contributed by atoms with Crippen molar-refractivity contribution in [3.05, 3.63) is 52.3 Å². The van der Waals surface area contributed by atoms with Crippen LogP contribution in [-0.2, 0) is 0 Å². The molecule has 3 nitrogen and oxygen atoms in total. The van der Waals surface area contributed by atoms with Crippen molar-refractivity contribution in [1.29, 1.82) is 0 Å². The third-order valence-electron chi connectivity index (χ3n) is 3.23. The normalized spacial score (nSPS) is 14.0. The third kappa shape index (κ3) is 4.43. The minimum absolute atomic E-state index is 0.0258. The average Bonchev–Trinajstić information content (AvgIpc) is 2.43. The van der Waals surface area contributed by atoms with Gasteiger partial charge in [0.25, 0.3) is 0 Å². The van der Waals surface area contributed by atoms with Gasteiger partial charge in [0.15, 0.2) is 5.16 Å². The molecule has 1 aromatic heterocycles. The van der Waals surface area contributed by atoms with E-state index in [1.54, 1.807) is 11.8 Å². The van der Waals surface area contributed by atoms with Crippen LogP contribution in [0, 0.1) is 13.8 Å². The predicted molar refractivity (Wildman–Crippen MR) is 89.8 cm³/mol. The Hall–Kier alpha value is -1.10. The summed E-state index contributed by atoms with van der Waals surface area (Å²) < 4.78 is 0. The third-order valence-corrected chi connectivity index (χ3v) is 4.74. The lowest BCUT2D eigenvalue weighted by molar-refractivity contribution is 0.632. The molecule has 2 atom stereocenters. The average molecular weight is 322 g/mol. The van der Waals surface area contributed by atoms with Gasteiger partial charge in [0.05, 0.1) is 5.25 Å². The highest BCUT2D eigenvalue weighted by Crippen LogP contribution is 2.37. The van der Waals surface area contributed by atoms with Gasteiger partial charge in [0.1, 0.15) is 0 Å². The van der Waals surface area contributed by atoms with Gasteiger partial charge in [-0.1, -0.05) is 42.4 Å². The van der Waals surface area contributed by atoms with Crippen LogP contribution in [0.1, 0.15) is 35.5 Å². The van der Waals surface area contributed by atoms with Gasteiger partial charge in [-0.15, -0.1) is 0 Å². The van der Waals surface area contributed by atoms with Crippen molar-refractivity contribution in [1.82, 2.24) is 9.97 Å². The molecule has 0 fully saturated rings. The molecular weight excluding hydrogens is 302 g/mol. The Bertz CT molecular complexity index is 598. The number of nitrogens with two attached hydrogens (primary N) is 1. The van der Waals surface area contributed by atoms with E-state index < -0.39 is 0 Å². The molecule has 21 heavy (non-hydrogen) atoms. The topological polar surface area (TPSA) is 51.8 Å². The molecule has 112 valence electrons. The maximum atomic E-state index is 6.30. The van der Waals surface area contributed by atoms with E-state index >= 15 is 0 Å². The smallest absolute Gasteiger partial charge is 0.188 e. The summed E-state index contributed by atoms with van der Waals surface area (Å²) >= 11 is 7.71. The Balaban J connectivity index is 2.32. The molecule has 5 heteroatoms. The van der Waals surface area contributed by atoms with Gasteiger partial charge in [-0.05, 0) is 44.0 Å². The molecule has 0 aliphatic rings. The van der Waals surface area contributed by atoms with Gasteiger partial charge in [0.2, 0.25) is 0 Å². The van der Waals surface area contributed by atoms with Crippen LogP contribution in [-0.4, -0.2) is 16.0 Å². The summed E-state index contributed by atoms with van der Waals surface area (Å²) in [6.45, 7) is 6.05. The van der Waals surface area contributed by atoms with Gasteiger partial charge in [-0.25, -0.2) is 9.97 Å². The van der Waals surface area contributed by atoms with Gasteiger partial charge in [-0.2, -0.15) is 0 Å². The lowest BCUT2D eigenvalue weighted by atomic mass is 10.0. The van der Waals surface area contributed by atoms with Crippen molar-refractivity contribution in [3.63, 3.8) is 0 Å². The van der Waals surface area contributed by atoms with E-state index in [-0.39, 0.29) is 11.3 Å². The van der Waals surface area contributed by atoms with E-state index in [1.165, 1.54) is 0 Å². The molecule has 0 aliphatic carbocycles. The van der Waals surface area contributed by atoms with E-state index in [0.29, 0.717) is 0 Å². The van der Waals surface area contributed by atoms with Crippen LogP contribution in [0.3, 0.4) is 0 Å². The Morgan fingerprint density at radius 3 is 2.43 bits per heavy atom. The molecule has 1 aromatic carbocycles. The summed E-state index contributed by atoms with van der Waals surface area (Å²) in [5.74, 6) is 0. The Labute approximate surface area is 135 Å². The van der Waals surface area contributed by atoms with Gasteiger partial charge >= 0.3 is 0 Å². The second-order valence-electron chi connectivity index (χ2n) is 5.10. The van der Waals surface area contributed by atoms with Gasteiger partial charge in [0, 0.05) is 22.5 Å². The standard InChI is InChI=1S/C16H20ClN3S/c1-4-14(18)15(12-6-5-7-13(17)9-12)21-16-19-10(2)8-11(3)20-16/h5-9,14-15H,4,18H2,1-3H3. The molecule has 2 rings (SSSR count). The van der Waals surface area contributed by atoms with Crippen LogP contribution in [0.4, 0.5) is 0 Å². The fourth-order valence-corrected chi connectivity index (χ4v) is 3.63. The van der Waals surface area contributed by atoms with Crippen molar-refractivity contribution in [2.75, 3.05) is 0 Å². The van der Waals surface area contributed by atoms with Crippen LogP contribution in [0.25, 0.3) is 0 Å². The predicted octanol–water partition coefficient (Wildman–Crippen LogP) is 4.32. The van der Waals surface area contributed by atoms with Crippen LogP contribution in [0.15, 0.2) is 35.5 Å². The van der Waals surface area contributed by atoms with Crippen LogP contribution in [0.2, 0.25) is 5.02 Å². The van der Waals surface area contributed by atoms with E-state index in [9.17, 15) is 0 Å². The maximum Gasteiger partial charge on any atom is 0.188 e. The lowest BCUT2D eigenvalue weighted by Gasteiger charge is -2.22. The molecule has 0 saturated carbocycles. The monoisotopic (exact) mass is 321 g/mol. The van der Waals surface area contributed by atoms with Crippen molar-refractivity contribution >= 4 is 23.4 Å². The van der Waals surface area contributed by atoms with Crippen molar-refractivity contribution in [2.24, 2.45) is 5.73 Å². The molecule has 0 spiro atoms. The fraction of sp³-hybridized carbons (Fsp3) is 0.375. The minimum atomic E-state index is 0.0258. The summed E-state index contributed by atoms with van der Waals surface area (Å²) in [6.07, 6.45) is 0.884. The van der Waals surface area contributed by atoms with Gasteiger partial charge in [-0.3, -0.25) is 0 Å². The molecule has 2 aromatic rings. The number of thioether (sulfide) groups is 1. The number of rotatable bonds is 5. The highest BCUT2D eigenvalue weighted by molar-refractivity contribution is 7.99. The largest absolute Gasteiger partial charge is 0.326 e. The summed E-state index contributed by atoms with van der Waals surface area (Å²) in [4.78, 5) is 9.00. The first-order valence-electron chi connectivity index (χ1n) is 6.99. The maximum absolute atomic E-state index is 6.30. The highest BCUT2D eigenvalue weighted by Gasteiger charge is 2.21. The zero-order chi connectivity index (χ0) is 15.4. The fourth-order valence-electron chi connectivity index (χ4n) is 2.16. The zero-order valence-electron chi connectivity index (χ0n) is 12.5. The molecule has 0 saturated heterocycles. The quantitative estimate of drug-likeness (QED) is 0.658. The highest BCUT2D eigenvalue weighted by atomic mass is 35.5. The summed E-state index contributed by atoms with van der Waals surface area (Å²) in [6, 6.07) is 9.85. The SMILES string of the molecule is CCC(N)C(Sc1nc(C)cc(C)n1)c1cccc(Cl)c1. The first kappa shape index (κ1) is 16.3. The molecule has 0 amide bonds. The summed E-state index contributed by atoms with van der Waals surface area (Å²) in [5, 5.41) is 1.58. The number of benzene rings is 1. The summed E-state index contributed by atoms with van der Waals surface area (Å²) in [7, 11) is 0. The van der Waals surface area contributed by atoms with Crippen LogP contribution in [0.5, 0.6) is 0 Å². The van der Waals surface area contributed by atoms with E-state index in [1.807, 2.05) is 38.1 Å². The second kappa shape index (κ2) is 7.25. The Kier molecular flexibility index (Phi) is 5.62. The molecule has 0 bridgehead atoms. The van der Waals surface area contributed by atoms with Crippen LogP contribution >= 0.6 is 23.4 Å². The second-order valence-corrected chi connectivity index (χ2v) is 6.64. The van der Waals surface area contributed by atoms with E-state index in [4.69, 9.17) is 17.3 Å². The van der Waals surface area contributed by atoms with Crippen LogP contribution < -0.4 is 5.73 Å². The van der Waals surface area contributed by atoms with Gasteiger partial charge < -0.3 is 5.73 Å². The van der Waals surface area contributed by atoms with E-state index in [2.05, 4.69) is 23.0 Å². The minimum Gasteiger partial charge on any atom is -0.326 e. The number of hydrogen-bond acceptors (Lipinski definition) is 4. The van der Waals surface area contributed by atoms with Crippen molar-refractivity contribution < 1.29 is 0 Å².